The van der Waals surface area contributed by atoms with Gasteiger partial charge in [0.05, 0.1) is 11.6 Å². The summed E-state index contributed by atoms with van der Waals surface area (Å²) in [6.07, 6.45) is 3.49. The number of carboxylic acids is 1. The van der Waals surface area contributed by atoms with Crippen molar-refractivity contribution in [2.45, 2.75) is 25.3 Å². The molecule has 21 heavy (non-hydrogen) atoms. The monoisotopic (exact) mass is 352 g/mol. The highest BCUT2D eigenvalue weighted by atomic mass is 79.9. The average molecular weight is 353 g/mol. The Morgan fingerprint density at radius 1 is 1.33 bits per heavy atom. The van der Waals surface area contributed by atoms with Crippen LogP contribution >= 0.6 is 15.9 Å². The van der Waals surface area contributed by atoms with Gasteiger partial charge in [0.1, 0.15) is 0 Å². The molecular formula is C15H17BrN2O3. The summed E-state index contributed by atoms with van der Waals surface area (Å²) < 4.78 is 0.503. The molecule has 5 nitrogen and oxygen atoms in total. The van der Waals surface area contributed by atoms with E-state index in [1.54, 1.807) is 12.1 Å². The number of carboxylic acid groups (broad SMARTS) is 1. The van der Waals surface area contributed by atoms with Crippen molar-refractivity contribution in [1.29, 1.82) is 0 Å². The van der Waals surface area contributed by atoms with Crippen molar-refractivity contribution in [1.82, 2.24) is 5.32 Å². The van der Waals surface area contributed by atoms with E-state index in [9.17, 15) is 9.59 Å². The van der Waals surface area contributed by atoms with Crippen LogP contribution in [-0.4, -0.2) is 29.6 Å². The molecule has 1 aromatic rings. The van der Waals surface area contributed by atoms with Crippen LogP contribution in [0.1, 0.15) is 29.6 Å². The third-order valence-corrected chi connectivity index (χ3v) is 5.18. The molecule has 1 amide bonds. The SMILES string of the molecule is O=C(O)c1cc(NC(=O)C2NCC3CCCC32)ccc1Br. The summed E-state index contributed by atoms with van der Waals surface area (Å²) in [4.78, 5) is 23.5. The molecule has 3 unspecified atom stereocenters. The Kier molecular flexibility index (Phi) is 3.99. The van der Waals surface area contributed by atoms with Crippen LogP contribution in [0.2, 0.25) is 0 Å². The van der Waals surface area contributed by atoms with Gasteiger partial charge in [-0.3, -0.25) is 4.79 Å². The van der Waals surface area contributed by atoms with E-state index in [0.29, 0.717) is 22.0 Å². The average Bonchev–Trinajstić information content (AvgIpc) is 3.02. The maximum absolute atomic E-state index is 12.4. The molecule has 0 spiro atoms. The lowest BCUT2D eigenvalue weighted by molar-refractivity contribution is -0.118. The van der Waals surface area contributed by atoms with E-state index in [1.807, 2.05) is 0 Å². The van der Waals surface area contributed by atoms with Gasteiger partial charge in [-0.25, -0.2) is 4.79 Å². The number of hydrogen-bond acceptors (Lipinski definition) is 3. The van der Waals surface area contributed by atoms with Crippen molar-refractivity contribution >= 4 is 33.5 Å². The molecule has 2 fully saturated rings. The number of hydrogen-bond donors (Lipinski definition) is 3. The maximum atomic E-state index is 12.4. The van der Waals surface area contributed by atoms with Gasteiger partial charge in [0.2, 0.25) is 5.91 Å². The lowest BCUT2D eigenvalue weighted by Crippen LogP contribution is -2.39. The molecular weight excluding hydrogens is 336 g/mol. The van der Waals surface area contributed by atoms with E-state index in [2.05, 4.69) is 26.6 Å². The van der Waals surface area contributed by atoms with Crippen molar-refractivity contribution in [3.05, 3.63) is 28.2 Å². The number of anilines is 1. The van der Waals surface area contributed by atoms with Crippen LogP contribution in [-0.2, 0) is 4.79 Å². The number of aromatic carboxylic acids is 1. The lowest BCUT2D eigenvalue weighted by atomic mass is 9.93. The number of carbonyl (C=O) groups is 2. The van der Waals surface area contributed by atoms with E-state index in [-0.39, 0.29) is 17.5 Å². The van der Waals surface area contributed by atoms with Gasteiger partial charge in [0.15, 0.2) is 0 Å². The topological polar surface area (TPSA) is 78.4 Å². The number of fused-ring (bicyclic) bond motifs is 1. The first-order chi connectivity index (χ1) is 10.1. The number of nitrogens with one attached hydrogen (secondary N) is 2. The standard InChI is InChI=1S/C15H17BrN2O3/c16-12-5-4-9(6-11(12)15(20)21)18-14(19)13-10-3-1-2-8(10)7-17-13/h4-6,8,10,13,17H,1-3,7H2,(H,18,19)(H,20,21). The predicted molar refractivity (Wildman–Crippen MR) is 82.4 cm³/mol. The summed E-state index contributed by atoms with van der Waals surface area (Å²) in [6, 6.07) is 4.66. The molecule has 2 aliphatic rings. The fourth-order valence-corrected chi connectivity index (χ4v) is 3.88. The summed E-state index contributed by atoms with van der Waals surface area (Å²) in [5.41, 5.74) is 0.662. The van der Waals surface area contributed by atoms with Crippen molar-refractivity contribution < 1.29 is 14.7 Å². The van der Waals surface area contributed by atoms with Gasteiger partial charge in [0, 0.05) is 10.2 Å². The molecule has 1 saturated carbocycles. The Morgan fingerprint density at radius 3 is 2.90 bits per heavy atom. The number of amides is 1. The number of benzene rings is 1. The maximum Gasteiger partial charge on any atom is 0.336 e. The smallest absolute Gasteiger partial charge is 0.336 e. The molecule has 1 aliphatic heterocycles. The van der Waals surface area contributed by atoms with E-state index in [1.165, 1.54) is 18.9 Å². The predicted octanol–water partition coefficient (Wildman–Crippen LogP) is 2.47. The van der Waals surface area contributed by atoms with Gasteiger partial charge in [0.25, 0.3) is 0 Å². The zero-order valence-electron chi connectivity index (χ0n) is 11.4. The quantitative estimate of drug-likeness (QED) is 0.780. The van der Waals surface area contributed by atoms with Crippen LogP contribution in [0.3, 0.4) is 0 Å². The molecule has 1 aromatic carbocycles. The normalized spacial score (nSPS) is 27.4. The summed E-state index contributed by atoms with van der Waals surface area (Å²) in [6.45, 7) is 0.906. The van der Waals surface area contributed by atoms with Crippen molar-refractivity contribution in [2.24, 2.45) is 11.8 Å². The summed E-state index contributed by atoms with van der Waals surface area (Å²) in [5, 5.41) is 15.2. The minimum Gasteiger partial charge on any atom is -0.478 e. The Labute approximate surface area is 131 Å². The molecule has 1 heterocycles. The first kappa shape index (κ1) is 14.5. The molecule has 3 atom stereocenters. The molecule has 3 rings (SSSR count). The number of carbonyl (C=O) groups excluding carboxylic acids is 1. The second-order valence-corrected chi connectivity index (χ2v) is 6.58. The lowest BCUT2D eigenvalue weighted by Gasteiger charge is -2.18. The third kappa shape index (κ3) is 2.82. The fraction of sp³-hybridized carbons (Fsp3) is 0.467. The van der Waals surface area contributed by atoms with Crippen LogP contribution in [0.4, 0.5) is 5.69 Å². The summed E-state index contributed by atoms with van der Waals surface area (Å²) in [7, 11) is 0. The summed E-state index contributed by atoms with van der Waals surface area (Å²) in [5.74, 6) is -0.0597. The Bertz CT molecular complexity index is 590. The van der Waals surface area contributed by atoms with Crippen LogP contribution in [0.25, 0.3) is 0 Å². The highest BCUT2D eigenvalue weighted by Gasteiger charge is 2.42. The van der Waals surface area contributed by atoms with E-state index < -0.39 is 5.97 Å². The number of rotatable bonds is 3. The Balaban J connectivity index is 1.73. The zero-order valence-corrected chi connectivity index (χ0v) is 13.0. The first-order valence-corrected chi connectivity index (χ1v) is 7.92. The minimum absolute atomic E-state index is 0.0666. The zero-order chi connectivity index (χ0) is 15.0. The highest BCUT2D eigenvalue weighted by Crippen LogP contribution is 2.38. The van der Waals surface area contributed by atoms with Gasteiger partial charge in [-0.15, -0.1) is 0 Å². The molecule has 112 valence electrons. The van der Waals surface area contributed by atoms with Gasteiger partial charge >= 0.3 is 5.97 Å². The van der Waals surface area contributed by atoms with E-state index in [0.717, 1.165) is 13.0 Å². The van der Waals surface area contributed by atoms with Gasteiger partial charge < -0.3 is 15.7 Å². The molecule has 1 aliphatic carbocycles. The Morgan fingerprint density at radius 2 is 2.14 bits per heavy atom. The van der Waals surface area contributed by atoms with Gasteiger partial charge in [-0.2, -0.15) is 0 Å². The first-order valence-electron chi connectivity index (χ1n) is 7.13. The molecule has 6 heteroatoms. The second-order valence-electron chi connectivity index (χ2n) is 5.73. The molecule has 3 N–H and O–H groups in total. The molecule has 0 radical (unpaired) electrons. The van der Waals surface area contributed by atoms with Crippen LogP contribution in [0.15, 0.2) is 22.7 Å². The fourth-order valence-electron chi connectivity index (χ4n) is 3.46. The second kappa shape index (κ2) is 5.77. The van der Waals surface area contributed by atoms with Crippen molar-refractivity contribution in [2.75, 3.05) is 11.9 Å². The van der Waals surface area contributed by atoms with Crippen LogP contribution in [0.5, 0.6) is 0 Å². The third-order valence-electron chi connectivity index (χ3n) is 4.49. The van der Waals surface area contributed by atoms with Gasteiger partial charge in [-0.05, 0) is 65.4 Å². The minimum atomic E-state index is -1.02. The van der Waals surface area contributed by atoms with Gasteiger partial charge in [-0.1, -0.05) is 6.42 Å². The molecule has 1 saturated heterocycles. The van der Waals surface area contributed by atoms with Crippen molar-refractivity contribution in [3.63, 3.8) is 0 Å². The van der Waals surface area contributed by atoms with E-state index in [4.69, 9.17) is 5.11 Å². The van der Waals surface area contributed by atoms with Crippen LogP contribution in [0, 0.1) is 11.8 Å². The number of halogens is 1. The molecule has 0 aromatic heterocycles. The Hall–Kier alpha value is -1.40. The largest absolute Gasteiger partial charge is 0.478 e. The van der Waals surface area contributed by atoms with Crippen molar-refractivity contribution in [3.8, 4) is 0 Å². The molecule has 0 bridgehead atoms. The summed E-state index contributed by atoms with van der Waals surface area (Å²) >= 11 is 3.19. The highest BCUT2D eigenvalue weighted by molar-refractivity contribution is 9.10. The van der Waals surface area contributed by atoms with E-state index >= 15 is 0 Å². The van der Waals surface area contributed by atoms with Crippen LogP contribution < -0.4 is 10.6 Å².